The number of nitrogens with zero attached hydrogens (tertiary/aromatic N) is 1. The van der Waals surface area contributed by atoms with Gasteiger partial charge in [-0.2, -0.15) is 0 Å². The lowest BCUT2D eigenvalue weighted by molar-refractivity contribution is 0.0239. The third-order valence-electron chi connectivity index (χ3n) is 4.93. The first-order valence-corrected chi connectivity index (χ1v) is 8.80. The summed E-state index contributed by atoms with van der Waals surface area (Å²) in [4.78, 5) is 24.5. The van der Waals surface area contributed by atoms with E-state index in [0.29, 0.717) is 24.9 Å². The second-order valence-electron chi connectivity index (χ2n) is 6.69. The summed E-state index contributed by atoms with van der Waals surface area (Å²) in [5, 5.41) is 12.7. The molecule has 2 N–H and O–H groups in total. The lowest BCUT2D eigenvalue weighted by atomic mass is 9.75. The van der Waals surface area contributed by atoms with Gasteiger partial charge in [0.25, 0.3) is 11.5 Å². The van der Waals surface area contributed by atoms with Crippen molar-refractivity contribution in [3.63, 3.8) is 0 Å². The quantitative estimate of drug-likeness (QED) is 0.845. The van der Waals surface area contributed by atoms with Gasteiger partial charge in [0, 0.05) is 30.4 Å². The number of aliphatic hydroxyl groups is 1. The van der Waals surface area contributed by atoms with Gasteiger partial charge in [0.1, 0.15) is 0 Å². The number of rotatable bonds is 6. The topological polar surface area (TPSA) is 71.3 Å². The number of benzene rings is 1. The zero-order valence-electron chi connectivity index (χ0n) is 14.4. The monoisotopic (exact) mass is 340 g/mol. The van der Waals surface area contributed by atoms with Crippen molar-refractivity contribution in [2.24, 2.45) is 5.92 Å². The lowest BCUT2D eigenvalue weighted by Gasteiger charge is -2.38. The van der Waals surface area contributed by atoms with Crippen molar-refractivity contribution in [3.8, 4) is 0 Å². The summed E-state index contributed by atoms with van der Waals surface area (Å²) in [6, 6.07) is 13.0. The maximum atomic E-state index is 12.6. The van der Waals surface area contributed by atoms with Crippen LogP contribution in [0.15, 0.2) is 53.5 Å². The highest BCUT2D eigenvalue weighted by atomic mass is 16.3. The summed E-state index contributed by atoms with van der Waals surface area (Å²) < 4.78 is 1.56. The molecule has 2 aromatic rings. The number of nitrogens with one attached hydrogen (secondary N) is 1. The zero-order valence-corrected chi connectivity index (χ0v) is 14.4. The summed E-state index contributed by atoms with van der Waals surface area (Å²) in [5.74, 6) is 0.0258. The smallest absolute Gasteiger partial charge is 0.251 e. The largest absolute Gasteiger partial charge is 0.393 e. The van der Waals surface area contributed by atoms with Crippen molar-refractivity contribution >= 4 is 5.91 Å². The second kappa shape index (κ2) is 7.66. The van der Waals surface area contributed by atoms with E-state index in [1.807, 2.05) is 37.3 Å². The van der Waals surface area contributed by atoms with Gasteiger partial charge in [-0.05, 0) is 43.7 Å². The highest BCUT2D eigenvalue weighted by molar-refractivity contribution is 5.94. The fourth-order valence-corrected chi connectivity index (χ4v) is 3.32. The molecule has 5 heteroatoms. The van der Waals surface area contributed by atoms with E-state index in [1.165, 1.54) is 6.07 Å². The molecule has 1 atom stereocenters. The van der Waals surface area contributed by atoms with Gasteiger partial charge in [0.15, 0.2) is 0 Å². The zero-order chi connectivity index (χ0) is 17.8. The number of pyridine rings is 1. The predicted molar refractivity (Wildman–Crippen MR) is 96.5 cm³/mol. The fraction of sp³-hybridized carbons (Fsp3) is 0.400. The van der Waals surface area contributed by atoms with E-state index in [-0.39, 0.29) is 29.5 Å². The maximum Gasteiger partial charge on any atom is 0.251 e. The Morgan fingerprint density at radius 2 is 2.00 bits per heavy atom. The van der Waals surface area contributed by atoms with Gasteiger partial charge in [-0.1, -0.05) is 30.3 Å². The second-order valence-corrected chi connectivity index (χ2v) is 6.69. The van der Waals surface area contributed by atoms with Gasteiger partial charge < -0.3 is 15.0 Å². The van der Waals surface area contributed by atoms with Gasteiger partial charge in [0.2, 0.25) is 0 Å². The molecule has 25 heavy (non-hydrogen) atoms. The van der Waals surface area contributed by atoms with Crippen molar-refractivity contribution in [2.75, 3.05) is 0 Å². The molecule has 1 aliphatic rings. The highest BCUT2D eigenvalue weighted by Crippen LogP contribution is 2.31. The molecule has 0 bridgehead atoms. The molecule has 0 saturated heterocycles. The Labute approximate surface area is 147 Å². The minimum atomic E-state index is -0.270. The van der Waals surface area contributed by atoms with E-state index in [2.05, 4.69) is 5.32 Å². The van der Waals surface area contributed by atoms with Gasteiger partial charge in [-0.15, -0.1) is 0 Å². The van der Waals surface area contributed by atoms with E-state index >= 15 is 0 Å². The Kier molecular flexibility index (Phi) is 5.34. The summed E-state index contributed by atoms with van der Waals surface area (Å²) >= 11 is 0. The molecular weight excluding hydrogens is 316 g/mol. The van der Waals surface area contributed by atoms with Crippen molar-refractivity contribution in [2.45, 2.75) is 44.9 Å². The number of carbonyl (C=O) groups is 1. The molecule has 1 aromatic heterocycles. The first-order valence-electron chi connectivity index (χ1n) is 8.80. The molecule has 1 fully saturated rings. The molecule has 1 heterocycles. The number of aromatic nitrogens is 1. The van der Waals surface area contributed by atoms with Crippen LogP contribution in [-0.4, -0.2) is 27.7 Å². The third-order valence-corrected chi connectivity index (χ3v) is 4.93. The normalized spacial score (nSPS) is 20.6. The molecule has 0 unspecified atom stereocenters. The van der Waals surface area contributed by atoms with Crippen molar-refractivity contribution in [1.29, 1.82) is 0 Å². The van der Waals surface area contributed by atoms with E-state index < -0.39 is 0 Å². The summed E-state index contributed by atoms with van der Waals surface area (Å²) in [7, 11) is 0. The average molecular weight is 340 g/mol. The number of carbonyl (C=O) groups excluding carboxylic acids is 1. The standard InChI is InChI=1S/C20H24N2O3/c1-2-22-9-8-15(13-19(22)24)20(25)21-18(16-11-17(23)12-16)10-14-6-4-3-5-7-14/h3-9,13,16-18,23H,2,10-12H2,1H3,(H,21,25)/t16?,17?,18-/m1/s1. The summed E-state index contributed by atoms with van der Waals surface area (Å²) in [5.41, 5.74) is 1.36. The van der Waals surface area contributed by atoms with Crippen LogP contribution in [0, 0.1) is 5.92 Å². The van der Waals surface area contributed by atoms with Crippen molar-refractivity contribution < 1.29 is 9.90 Å². The van der Waals surface area contributed by atoms with Gasteiger partial charge in [0.05, 0.1) is 6.10 Å². The van der Waals surface area contributed by atoms with Crippen molar-refractivity contribution in [1.82, 2.24) is 9.88 Å². The molecule has 0 spiro atoms. The van der Waals surface area contributed by atoms with Crippen LogP contribution < -0.4 is 10.9 Å². The molecule has 1 aliphatic carbocycles. The van der Waals surface area contributed by atoms with Crippen LogP contribution in [-0.2, 0) is 13.0 Å². The van der Waals surface area contributed by atoms with Crippen LogP contribution >= 0.6 is 0 Å². The number of hydrogen-bond donors (Lipinski definition) is 2. The predicted octanol–water partition coefficient (Wildman–Crippen LogP) is 1.98. The van der Waals surface area contributed by atoms with Crippen LogP contribution in [0.5, 0.6) is 0 Å². The van der Waals surface area contributed by atoms with Crippen molar-refractivity contribution in [3.05, 3.63) is 70.1 Å². The lowest BCUT2D eigenvalue weighted by Crippen LogP contribution is -2.48. The molecule has 1 aromatic carbocycles. The minimum Gasteiger partial charge on any atom is -0.393 e. The Bertz CT molecular complexity index is 779. The molecule has 5 nitrogen and oxygen atoms in total. The average Bonchev–Trinajstić information content (AvgIpc) is 2.59. The molecule has 1 saturated carbocycles. The first-order chi connectivity index (χ1) is 12.1. The maximum absolute atomic E-state index is 12.6. The van der Waals surface area contributed by atoms with Crippen LogP contribution in [0.25, 0.3) is 0 Å². The number of amides is 1. The van der Waals surface area contributed by atoms with E-state index in [1.54, 1.807) is 16.8 Å². The van der Waals surface area contributed by atoms with Crippen LogP contribution in [0.2, 0.25) is 0 Å². The van der Waals surface area contributed by atoms with Crippen LogP contribution in [0.1, 0.15) is 35.7 Å². The highest BCUT2D eigenvalue weighted by Gasteiger charge is 2.34. The Balaban J connectivity index is 1.74. The van der Waals surface area contributed by atoms with Crippen LogP contribution in [0.4, 0.5) is 0 Å². The van der Waals surface area contributed by atoms with E-state index in [4.69, 9.17) is 0 Å². The van der Waals surface area contributed by atoms with Crippen LogP contribution in [0.3, 0.4) is 0 Å². The van der Waals surface area contributed by atoms with Gasteiger partial charge >= 0.3 is 0 Å². The SMILES string of the molecule is CCn1ccc(C(=O)N[C@H](Cc2ccccc2)C2CC(O)C2)cc1=O. The Morgan fingerprint density at radius 1 is 1.28 bits per heavy atom. The van der Waals surface area contributed by atoms with E-state index in [0.717, 1.165) is 12.0 Å². The molecular formula is C20H24N2O3. The summed E-state index contributed by atoms with van der Waals surface area (Å²) in [6.07, 6.45) is 3.51. The third kappa shape index (κ3) is 4.17. The molecule has 1 amide bonds. The molecule has 132 valence electrons. The molecule has 0 aliphatic heterocycles. The Morgan fingerprint density at radius 3 is 2.60 bits per heavy atom. The minimum absolute atomic E-state index is 0.0492. The number of aryl methyl sites for hydroxylation is 1. The molecule has 0 radical (unpaired) electrons. The first kappa shape index (κ1) is 17.4. The fourth-order valence-electron chi connectivity index (χ4n) is 3.32. The number of aliphatic hydroxyl groups excluding tert-OH is 1. The summed E-state index contributed by atoms with van der Waals surface area (Å²) in [6.45, 7) is 2.47. The molecule has 3 rings (SSSR count). The van der Waals surface area contributed by atoms with Gasteiger partial charge in [-0.3, -0.25) is 9.59 Å². The Hall–Kier alpha value is -2.40. The van der Waals surface area contributed by atoms with Gasteiger partial charge in [-0.25, -0.2) is 0 Å². The number of hydrogen-bond acceptors (Lipinski definition) is 3. The van der Waals surface area contributed by atoms with E-state index in [9.17, 15) is 14.7 Å².